The van der Waals surface area contributed by atoms with Gasteiger partial charge in [-0.05, 0) is 51.3 Å². The Hall–Kier alpha value is -4.06. The minimum Gasteiger partial charge on any atom is -0.460 e. The molecule has 0 fully saturated rings. The average molecular weight is 545 g/mol. The van der Waals surface area contributed by atoms with Gasteiger partial charge in [-0.3, -0.25) is 33.7 Å². The smallest absolute Gasteiger partial charge is 0.311 e. The third-order valence-corrected chi connectivity index (χ3v) is 5.66. The average Bonchev–Trinajstić information content (AvgIpc) is 3.21. The molecular formula is C27H36N4O8. The maximum Gasteiger partial charge on any atom is 0.311 e. The number of nitrogens with zero attached hydrogens (tertiary/aromatic N) is 1. The molecule has 0 aromatic heterocycles. The molecule has 12 heteroatoms. The van der Waals surface area contributed by atoms with Crippen molar-refractivity contribution in [2.75, 3.05) is 25.0 Å². The van der Waals surface area contributed by atoms with Crippen LogP contribution in [0.3, 0.4) is 0 Å². The maximum absolute atomic E-state index is 12.3. The lowest BCUT2D eigenvalue weighted by atomic mass is 9.97. The van der Waals surface area contributed by atoms with Crippen molar-refractivity contribution in [1.29, 1.82) is 0 Å². The number of carbonyl (C=O) groups is 6. The number of aliphatic hydroxyl groups is 1. The molecule has 0 radical (unpaired) electrons. The highest BCUT2D eigenvalue weighted by atomic mass is 16.5. The van der Waals surface area contributed by atoms with Gasteiger partial charge in [0.05, 0.1) is 18.6 Å². The van der Waals surface area contributed by atoms with Crippen LogP contribution in [0.2, 0.25) is 0 Å². The van der Waals surface area contributed by atoms with Crippen molar-refractivity contribution in [2.45, 2.75) is 59.1 Å². The number of nitrogens with one attached hydrogen (secondary N) is 3. The summed E-state index contributed by atoms with van der Waals surface area (Å²) in [5.41, 5.74) is 0.616. The Labute approximate surface area is 227 Å². The first-order valence-electron chi connectivity index (χ1n) is 12.7. The fraction of sp³-hybridized carbons (Fsp3) is 0.481. The summed E-state index contributed by atoms with van der Waals surface area (Å²) in [6.07, 6.45) is 4.12. The van der Waals surface area contributed by atoms with Crippen LogP contribution in [0.5, 0.6) is 0 Å². The van der Waals surface area contributed by atoms with Crippen molar-refractivity contribution >= 4 is 41.2 Å². The summed E-state index contributed by atoms with van der Waals surface area (Å²) in [6, 6.07) is 5.45. The lowest BCUT2D eigenvalue weighted by Gasteiger charge is -2.17. The minimum atomic E-state index is -1.22. The van der Waals surface area contributed by atoms with Gasteiger partial charge in [-0.25, -0.2) is 0 Å². The molecule has 1 heterocycles. The van der Waals surface area contributed by atoms with E-state index in [-0.39, 0.29) is 43.9 Å². The van der Waals surface area contributed by atoms with Crippen LogP contribution in [0.1, 0.15) is 52.0 Å². The van der Waals surface area contributed by atoms with Gasteiger partial charge < -0.3 is 25.8 Å². The van der Waals surface area contributed by atoms with Crippen LogP contribution in [-0.2, 0) is 40.1 Å². The molecular weight excluding hydrogens is 508 g/mol. The number of carbonyl (C=O) groups excluding carboxylic acids is 6. The van der Waals surface area contributed by atoms with Gasteiger partial charge in [0.2, 0.25) is 17.7 Å². The molecule has 5 amide bonds. The van der Waals surface area contributed by atoms with Crippen LogP contribution in [0, 0.1) is 5.41 Å². The number of ether oxygens (including phenoxy) is 1. The van der Waals surface area contributed by atoms with Crippen molar-refractivity contribution < 1.29 is 38.6 Å². The van der Waals surface area contributed by atoms with Gasteiger partial charge in [-0.15, -0.1) is 0 Å². The Bertz CT molecular complexity index is 1070. The number of rotatable bonds is 14. The second-order valence-electron chi connectivity index (χ2n) is 10.1. The quantitative estimate of drug-likeness (QED) is 0.151. The molecule has 1 aromatic carbocycles. The zero-order valence-corrected chi connectivity index (χ0v) is 22.5. The molecule has 212 valence electrons. The lowest BCUT2D eigenvalue weighted by Crippen LogP contribution is -2.50. The molecule has 12 nitrogen and oxygen atoms in total. The van der Waals surface area contributed by atoms with E-state index in [9.17, 15) is 33.9 Å². The molecule has 1 aliphatic rings. The third kappa shape index (κ3) is 10.7. The molecule has 2 rings (SSSR count). The van der Waals surface area contributed by atoms with Gasteiger partial charge in [0, 0.05) is 30.8 Å². The molecule has 1 aromatic rings. The highest BCUT2D eigenvalue weighted by Crippen LogP contribution is 2.17. The van der Waals surface area contributed by atoms with Crippen LogP contribution in [-0.4, -0.2) is 71.2 Å². The van der Waals surface area contributed by atoms with E-state index in [1.165, 1.54) is 12.2 Å². The fourth-order valence-electron chi connectivity index (χ4n) is 3.39. The summed E-state index contributed by atoms with van der Waals surface area (Å²) in [4.78, 5) is 72.6. The van der Waals surface area contributed by atoms with Gasteiger partial charge in [0.15, 0.2) is 0 Å². The van der Waals surface area contributed by atoms with Gasteiger partial charge in [0.25, 0.3) is 11.8 Å². The Balaban J connectivity index is 1.66. The molecule has 1 atom stereocenters. The molecule has 1 unspecified atom stereocenters. The number of anilines is 1. The van der Waals surface area contributed by atoms with Gasteiger partial charge in [-0.1, -0.05) is 18.6 Å². The Morgan fingerprint density at radius 3 is 2.18 bits per heavy atom. The van der Waals surface area contributed by atoms with Gasteiger partial charge in [-0.2, -0.15) is 0 Å². The standard InChI is InChI=1S/C27H36N4O8/c1-27(2,3)26(38)39-17-18-8-10-19(11-9-18)29-22(34)15-28-25(37)20(16-32)30-21(33)7-5-4-6-14-31-23(35)12-13-24(31)36/h8-13,20,32H,4-7,14-17H2,1-3H3,(H,28,37)(H,29,34)(H,30,33). The first-order chi connectivity index (χ1) is 18.4. The summed E-state index contributed by atoms with van der Waals surface area (Å²) in [7, 11) is 0. The molecule has 0 saturated heterocycles. The van der Waals surface area contributed by atoms with E-state index in [1.54, 1.807) is 45.0 Å². The van der Waals surface area contributed by atoms with E-state index in [1.807, 2.05) is 0 Å². The molecule has 0 spiro atoms. The number of amides is 5. The lowest BCUT2D eigenvalue weighted by molar-refractivity contribution is -0.154. The van der Waals surface area contributed by atoms with E-state index in [4.69, 9.17) is 4.74 Å². The molecule has 0 bridgehead atoms. The number of benzene rings is 1. The number of hydrogen-bond acceptors (Lipinski definition) is 8. The van der Waals surface area contributed by atoms with Crippen molar-refractivity contribution in [3.8, 4) is 0 Å². The highest BCUT2D eigenvalue weighted by Gasteiger charge is 2.24. The largest absolute Gasteiger partial charge is 0.460 e. The van der Waals surface area contributed by atoms with E-state index in [0.717, 1.165) is 10.5 Å². The second kappa shape index (κ2) is 14.8. The second-order valence-corrected chi connectivity index (χ2v) is 10.1. The van der Waals surface area contributed by atoms with E-state index >= 15 is 0 Å². The fourth-order valence-corrected chi connectivity index (χ4v) is 3.39. The maximum atomic E-state index is 12.3. The zero-order valence-electron chi connectivity index (χ0n) is 22.5. The van der Waals surface area contributed by atoms with E-state index in [2.05, 4.69) is 16.0 Å². The number of aliphatic hydroxyl groups excluding tert-OH is 1. The zero-order chi connectivity index (χ0) is 29.0. The van der Waals surface area contributed by atoms with Crippen LogP contribution in [0.25, 0.3) is 0 Å². The van der Waals surface area contributed by atoms with Crippen LogP contribution >= 0.6 is 0 Å². The van der Waals surface area contributed by atoms with Crippen molar-refractivity contribution in [2.24, 2.45) is 5.41 Å². The van der Waals surface area contributed by atoms with Crippen LogP contribution in [0.15, 0.2) is 36.4 Å². The number of imide groups is 1. The minimum absolute atomic E-state index is 0.0931. The molecule has 39 heavy (non-hydrogen) atoms. The predicted molar refractivity (Wildman–Crippen MR) is 141 cm³/mol. The summed E-state index contributed by atoms with van der Waals surface area (Å²) in [5.74, 6) is -2.69. The summed E-state index contributed by atoms with van der Waals surface area (Å²) >= 11 is 0. The summed E-state index contributed by atoms with van der Waals surface area (Å²) in [6.45, 7) is 4.64. The highest BCUT2D eigenvalue weighted by molar-refractivity contribution is 6.12. The summed E-state index contributed by atoms with van der Waals surface area (Å²) < 4.78 is 5.25. The first-order valence-corrected chi connectivity index (χ1v) is 12.7. The van der Waals surface area contributed by atoms with Gasteiger partial charge >= 0.3 is 5.97 Å². The SMILES string of the molecule is CC(C)(C)C(=O)OCc1ccc(NC(=O)CNC(=O)C(CO)NC(=O)CCCCCN2C(=O)C=CC2=O)cc1. The summed E-state index contributed by atoms with van der Waals surface area (Å²) in [5, 5.41) is 16.9. The topological polar surface area (TPSA) is 171 Å². The van der Waals surface area contributed by atoms with E-state index < -0.39 is 35.8 Å². The van der Waals surface area contributed by atoms with Crippen molar-refractivity contribution in [1.82, 2.24) is 15.5 Å². The molecule has 0 saturated carbocycles. The predicted octanol–water partition coefficient (Wildman–Crippen LogP) is 0.793. The third-order valence-electron chi connectivity index (χ3n) is 5.66. The van der Waals surface area contributed by atoms with E-state index in [0.29, 0.717) is 24.9 Å². The molecule has 0 aliphatic carbocycles. The molecule has 1 aliphatic heterocycles. The first kappa shape index (κ1) is 31.2. The van der Waals surface area contributed by atoms with Crippen molar-refractivity contribution in [3.05, 3.63) is 42.0 Å². The van der Waals surface area contributed by atoms with Crippen LogP contribution in [0.4, 0.5) is 5.69 Å². The number of hydrogen-bond donors (Lipinski definition) is 4. The molecule has 4 N–H and O–H groups in total. The Morgan fingerprint density at radius 1 is 0.949 bits per heavy atom. The monoisotopic (exact) mass is 544 g/mol. The number of unbranched alkanes of at least 4 members (excludes halogenated alkanes) is 2. The normalized spacial score (nSPS) is 13.7. The van der Waals surface area contributed by atoms with Gasteiger partial charge in [0.1, 0.15) is 12.6 Å². The van der Waals surface area contributed by atoms with Crippen molar-refractivity contribution in [3.63, 3.8) is 0 Å². The van der Waals surface area contributed by atoms with Crippen LogP contribution < -0.4 is 16.0 Å². The Kier molecular flexibility index (Phi) is 11.8. The Morgan fingerprint density at radius 2 is 1.59 bits per heavy atom. The number of esters is 1.